The first-order valence-corrected chi connectivity index (χ1v) is 10.9. The van der Waals surface area contributed by atoms with Crippen LogP contribution in [0.3, 0.4) is 0 Å². The Morgan fingerprint density at radius 1 is 1.16 bits per heavy atom. The van der Waals surface area contributed by atoms with Crippen molar-refractivity contribution in [3.63, 3.8) is 0 Å². The SMILES string of the molecule is COCCn1cc(C(=O)NCCc2cccc(Cl)c2)c(=O)c(C(=O)NC2CCCC2)c1. The number of nitrogens with zero attached hydrogens (tertiary/aromatic N) is 1. The Bertz CT molecular complexity index is 983. The smallest absolute Gasteiger partial charge is 0.256 e. The Balaban J connectivity index is 1.75. The summed E-state index contributed by atoms with van der Waals surface area (Å²) in [7, 11) is 1.57. The first-order valence-electron chi connectivity index (χ1n) is 10.5. The number of amides is 2. The number of aromatic nitrogens is 1. The van der Waals surface area contributed by atoms with Crippen molar-refractivity contribution in [3.8, 4) is 0 Å². The lowest BCUT2D eigenvalue weighted by Gasteiger charge is -2.15. The molecular weight excluding hydrogens is 418 g/mol. The third-order valence-corrected chi connectivity index (χ3v) is 5.64. The monoisotopic (exact) mass is 445 g/mol. The zero-order chi connectivity index (χ0) is 22.2. The molecule has 0 aliphatic heterocycles. The predicted molar refractivity (Wildman–Crippen MR) is 120 cm³/mol. The molecule has 0 atom stereocenters. The second-order valence-corrected chi connectivity index (χ2v) is 8.17. The molecule has 1 aliphatic rings. The Labute approximate surface area is 186 Å². The fourth-order valence-corrected chi connectivity index (χ4v) is 3.93. The van der Waals surface area contributed by atoms with Crippen molar-refractivity contribution in [1.29, 1.82) is 0 Å². The van der Waals surface area contributed by atoms with Crippen LogP contribution in [-0.4, -0.2) is 42.7 Å². The molecule has 7 nitrogen and oxygen atoms in total. The van der Waals surface area contributed by atoms with Gasteiger partial charge >= 0.3 is 0 Å². The minimum absolute atomic E-state index is 0.0227. The number of halogens is 1. The topological polar surface area (TPSA) is 89.4 Å². The molecule has 2 N–H and O–H groups in total. The minimum Gasteiger partial charge on any atom is -0.383 e. The molecule has 1 aliphatic carbocycles. The van der Waals surface area contributed by atoms with Crippen LogP contribution in [0.15, 0.2) is 41.5 Å². The van der Waals surface area contributed by atoms with Crippen molar-refractivity contribution in [2.24, 2.45) is 0 Å². The lowest BCUT2D eigenvalue weighted by atomic mass is 10.1. The van der Waals surface area contributed by atoms with Crippen LogP contribution >= 0.6 is 11.6 Å². The molecule has 0 saturated heterocycles. The maximum absolute atomic E-state index is 12.9. The summed E-state index contributed by atoms with van der Waals surface area (Å²) in [6.45, 7) is 1.15. The van der Waals surface area contributed by atoms with E-state index >= 15 is 0 Å². The van der Waals surface area contributed by atoms with Gasteiger partial charge in [-0.2, -0.15) is 0 Å². The summed E-state index contributed by atoms with van der Waals surface area (Å²) in [6.07, 6.45) is 7.50. The van der Waals surface area contributed by atoms with Gasteiger partial charge in [-0.25, -0.2) is 0 Å². The third-order valence-electron chi connectivity index (χ3n) is 5.40. The molecule has 0 unspecified atom stereocenters. The van der Waals surface area contributed by atoms with Crippen molar-refractivity contribution in [2.45, 2.75) is 44.7 Å². The van der Waals surface area contributed by atoms with Gasteiger partial charge in [0.05, 0.1) is 6.61 Å². The molecule has 0 spiro atoms. The second-order valence-electron chi connectivity index (χ2n) is 7.74. The van der Waals surface area contributed by atoms with E-state index in [1.165, 1.54) is 12.4 Å². The summed E-state index contributed by atoms with van der Waals surface area (Å²) < 4.78 is 6.75. The maximum Gasteiger partial charge on any atom is 0.256 e. The number of methoxy groups -OCH3 is 1. The van der Waals surface area contributed by atoms with Crippen LogP contribution in [0.25, 0.3) is 0 Å². The summed E-state index contributed by atoms with van der Waals surface area (Å²) in [4.78, 5) is 38.5. The highest BCUT2D eigenvalue weighted by atomic mass is 35.5. The molecule has 8 heteroatoms. The van der Waals surface area contributed by atoms with E-state index in [-0.39, 0.29) is 17.2 Å². The van der Waals surface area contributed by atoms with Crippen LogP contribution in [0.5, 0.6) is 0 Å². The average molecular weight is 446 g/mol. The summed E-state index contributed by atoms with van der Waals surface area (Å²) in [5.41, 5.74) is 0.339. The number of hydrogen-bond donors (Lipinski definition) is 2. The largest absolute Gasteiger partial charge is 0.383 e. The van der Waals surface area contributed by atoms with Gasteiger partial charge in [-0.1, -0.05) is 36.6 Å². The number of nitrogens with one attached hydrogen (secondary N) is 2. The second kappa shape index (κ2) is 11.1. The molecular formula is C23H28ClN3O4. The van der Waals surface area contributed by atoms with Gasteiger partial charge in [0.2, 0.25) is 5.43 Å². The van der Waals surface area contributed by atoms with Crippen molar-refractivity contribution < 1.29 is 14.3 Å². The van der Waals surface area contributed by atoms with Gasteiger partial charge in [0.25, 0.3) is 11.8 Å². The predicted octanol–water partition coefficient (Wildman–Crippen LogP) is 2.79. The molecule has 0 bridgehead atoms. The van der Waals surface area contributed by atoms with Gasteiger partial charge in [0.15, 0.2) is 0 Å². The quantitative estimate of drug-likeness (QED) is 0.621. The van der Waals surface area contributed by atoms with Gasteiger partial charge in [-0.05, 0) is 37.0 Å². The number of hydrogen-bond acceptors (Lipinski definition) is 4. The molecule has 0 radical (unpaired) electrons. The van der Waals surface area contributed by atoms with Crippen LogP contribution in [-0.2, 0) is 17.7 Å². The molecule has 1 heterocycles. The van der Waals surface area contributed by atoms with E-state index in [2.05, 4.69) is 10.6 Å². The highest BCUT2D eigenvalue weighted by Gasteiger charge is 2.23. The minimum atomic E-state index is -0.565. The van der Waals surface area contributed by atoms with Crippen LogP contribution in [0, 0.1) is 0 Å². The van der Waals surface area contributed by atoms with E-state index < -0.39 is 17.2 Å². The van der Waals surface area contributed by atoms with E-state index in [0.717, 1.165) is 31.2 Å². The highest BCUT2D eigenvalue weighted by Crippen LogP contribution is 2.18. The standard InChI is InChI=1S/C23H28ClN3O4/c1-31-12-11-27-14-19(22(29)25-10-9-16-5-4-6-17(24)13-16)21(28)20(15-27)23(30)26-18-7-2-3-8-18/h4-6,13-15,18H,2-3,7-12H2,1H3,(H,25,29)(H,26,30). The van der Waals surface area contributed by atoms with Gasteiger partial charge in [0, 0.05) is 43.7 Å². The van der Waals surface area contributed by atoms with Crippen molar-refractivity contribution >= 4 is 23.4 Å². The molecule has 1 fully saturated rings. The zero-order valence-electron chi connectivity index (χ0n) is 17.7. The summed E-state index contributed by atoms with van der Waals surface area (Å²) in [6, 6.07) is 7.46. The fraction of sp³-hybridized carbons (Fsp3) is 0.435. The van der Waals surface area contributed by atoms with Gasteiger partial charge < -0.3 is 19.9 Å². The van der Waals surface area contributed by atoms with Crippen LogP contribution < -0.4 is 16.1 Å². The van der Waals surface area contributed by atoms with E-state index in [1.807, 2.05) is 18.2 Å². The van der Waals surface area contributed by atoms with Gasteiger partial charge in [-0.15, -0.1) is 0 Å². The lowest BCUT2D eigenvalue weighted by Crippen LogP contribution is -2.39. The average Bonchev–Trinajstić information content (AvgIpc) is 3.25. The summed E-state index contributed by atoms with van der Waals surface area (Å²) in [5, 5.41) is 6.33. The first-order chi connectivity index (χ1) is 15.0. The molecule has 2 aromatic rings. The van der Waals surface area contributed by atoms with E-state index in [1.54, 1.807) is 17.7 Å². The Hall–Kier alpha value is -2.64. The first kappa shape index (κ1) is 23.0. The summed E-state index contributed by atoms with van der Waals surface area (Å²) >= 11 is 5.99. The van der Waals surface area contributed by atoms with Crippen molar-refractivity contribution in [1.82, 2.24) is 15.2 Å². The Morgan fingerprint density at radius 2 is 1.87 bits per heavy atom. The molecule has 3 rings (SSSR count). The maximum atomic E-state index is 12.9. The molecule has 166 valence electrons. The van der Waals surface area contributed by atoms with Crippen molar-refractivity contribution in [2.75, 3.05) is 20.3 Å². The van der Waals surface area contributed by atoms with Crippen LogP contribution in [0.2, 0.25) is 5.02 Å². The zero-order valence-corrected chi connectivity index (χ0v) is 18.4. The highest BCUT2D eigenvalue weighted by molar-refractivity contribution is 6.30. The molecule has 1 aromatic carbocycles. The van der Waals surface area contributed by atoms with E-state index in [9.17, 15) is 14.4 Å². The van der Waals surface area contributed by atoms with Gasteiger partial charge in [0.1, 0.15) is 11.1 Å². The van der Waals surface area contributed by atoms with E-state index in [0.29, 0.717) is 31.1 Å². The van der Waals surface area contributed by atoms with Crippen LogP contribution in [0.1, 0.15) is 52.0 Å². The number of ether oxygens (including phenoxy) is 1. The number of benzene rings is 1. The molecule has 1 aromatic heterocycles. The molecule has 2 amide bonds. The number of rotatable bonds is 9. The Kier molecular flexibility index (Phi) is 8.26. The Morgan fingerprint density at radius 3 is 2.55 bits per heavy atom. The molecule has 31 heavy (non-hydrogen) atoms. The fourth-order valence-electron chi connectivity index (χ4n) is 3.72. The third kappa shape index (κ3) is 6.42. The van der Waals surface area contributed by atoms with Gasteiger partial charge in [-0.3, -0.25) is 14.4 Å². The number of carbonyl (C=O) groups is 2. The van der Waals surface area contributed by atoms with E-state index in [4.69, 9.17) is 16.3 Å². The molecule has 1 saturated carbocycles. The number of pyridine rings is 1. The lowest BCUT2D eigenvalue weighted by molar-refractivity contribution is 0.0935. The van der Waals surface area contributed by atoms with Crippen molar-refractivity contribution in [3.05, 3.63) is 68.6 Å². The van der Waals surface area contributed by atoms with Crippen LogP contribution in [0.4, 0.5) is 0 Å². The summed E-state index contributed by atoms with van der Waals surface area (Å²) in [5.74, 6) is -0.939. The number of carbonyl (C=O) groups excluding carboxylic acids is 2. The normalized spacial score (nSPS) is 13.9.